The Morgan fingerprint density at radius 3 is 2.38 bits per heavy atom. The second-order valence-corrected chi connectivity index (χ2v) is 7.49. The minimum absolute atomic E-state index is 0. The van der Waals surface area contributed by atoms with E-state index in [1.54, 1.807) is 0 Å². The van der Waals surface area contributed by atoms with Crippen molar-refractivity contribution in [3.05, 3.63) is 29.8 Å². The maximum absolute atomic E-state index is 12.4. The SMILES string of the molecule is NC(=O)CNC(=O)c1ccc(NC(=O)N2CCC3C2C(=O)N3S(=O)(=O)[O-])cc1.[Na+]. The molecule has 0 aliphatic carbocycles. The van der Waals surface area contributed by atoms with Gasteiger partial charge in [0, 0.05) is 17.8 Å². The maximum atomic E-state index is 12.4. The van der Waals surface area contributed by atoms with Crippen molar-refractivity contribution < 1.29 is 61.7 Å². The largest absolute Gasteiger partial charge is 1.00 e. The minimum Gasteiger partial charge on any atom is -0.731 e. The van der Waals surface area contributed by atoms with Crippen LogP contribution in [-0.4, -0.2) is 71.1 Å². The number of likely N-dealkylation sites (tertiary alicyclic amines) is 1. The summed E-state index contributed by atoms with van der Waals surface area (Å²) in [6, 6.07) is 3.27. The smallest absolute Gasteiger partial charge is 0.731 e. The molecule has 2 unspecified atom stereocenters. The van der Waals surface area contributed by atoms with E-state index in [1.165, 1.54) is 29.2 Å². The zero-order valence-corrected chi connectivity index (χ0v) is 18.1. The summed E-state index contributed by atoms with van der Waals surface area (Å²) >= 11 is 0. The third-order valence-corrected chi connectivity index (χ3v) is 5.39. The summed E-state index contributed by atoms with van der Waals surface area (Å²) in [5, 5.41) is 4.86. The summed E-state index contributed by atoms with van der Waals surface area (Å²) in [7, 11) is -4.89. The second-order valence-electron chi connectivity index (χ2n) is 6.24. The van der Waals surface area contributed by atoms with Crippen LogP contribution in [0.2, 0.25) is 0 Å². The van der Waals surface area contributed by atoms with E-state index in [0.717, 1.165) is 0 Å². The normalized spacial score (nSPS) is 20.2. The van der Waals surface area contributed by atoms with E-state index in [0.29, 0.717) is 5.69 Å². The summed E-state index contributed by atoms with van der Waals surface area (Å²) in [6.45, 7) is -0.189. The number of fused-ring (bicyclic) bond motifs is 1. The molecule has 0 radical (unpaired) electrons. The average molecular weight is 433 g/mol. The molecule has 0 aromatic heterocycles. The molecular weight excluding hydrogens is 417 g/mol. The number of anilines is 1. The number of carbonyl (C=O) groups excluding carboxylic acids is 4. The number of benzene rings is 1. The van der Waals surface area contributed by atoms with Crippen LogP contribution in [0.15, 0.2) is 24.3 Å². The molecule has 2 fully saturated rings. The standard InChI is InChI=1S/C15H17N5O7S.Na/c16-11(21)7-17-13(22)8-1-3-9(4-2-8)18-15(24)19-6-5-10-12(19)14(23)20(10)28(25,26)27;/h1-4,10,12H,5-7H2,(H2,16,21)(H,17,22)(H,18,24)(H,25,26,27);/q;+1/p-1. The number of amides is 5. The van der Waals surface area contributed by atoms with E-state index in [4.69, 9.17) is 5.73 Å². The molecule has 150 valence electrons. The van der Waals surface area contributed by atoms with Gasteiger partial charge >= 0.3 is 35.6 Å². The van der Waals surface area contributed by atoms with Gasteiger partial charge < -0.3 is 25.8 Å². The number of rotatable bonds is 5. The Morgan fingerprint density at radius 1 is 1.21 bits per heavy atom. The zero-order chi connectivity index (χ0) is 20.6. The van der Waals surface area contributed by atoms with Gasteiger partial charge in [-0.25, -0.2) is 17.5 Å². The number of hydrogen-bond acceptors (Lipinski definition) is 7. The van der Waals surface area contributed by atoms with E-state index < -0.39 is 46.1 Å². The van der Waals surface area contributed by atoms with E-state index in [-0.39, 0.29) is 58.9 Å². The van der Waals surface area contributed by atoms with Gasteiger partial charge in [-0.1, -0.05) is 0 Å². The Morgan fingerprint density at radius 2 is 1.83 bits per heavy atom. The molecular formula is C15H16N5NaO7S. The molecule has 0 saturated carbocycles. The van der Waals surface area contributed by atoms with Crippen molar-refractivity contribution in [3.63, 3.8) is 0 Å². The van der Waals surface area contributed by atoms with E-state index in [2.05, 4.69) is 10.6 Å². The van der Waals surface area contributed by atoms with Gasteiger partial charge in [-0.15, -0.1) is 0 Å². The molecule has 0 spiro atoms. The second kappa shape index (κ2) is 8.67. The number of nitrogens with two attached hydrogens (primary N) is 1. The number of hydrogen-bond donors (Lipinski definition) is 3. The van der Waals surface area contributed by atoms with Crippen LogP contribution in [0, 0.1) is 0 Å². The number of β-lactam (4-membered cyclic amide) rings is 1. The maximum Gasteiger partial charge on any atom is 1.00 e. The third-order valence-electron chi connectivity index (χ3n) is 4.46. The van der Waals surface area contributed by atoms with Crippen molar-refractivity contribution in [2.75, 3.05) is 18.4 Å². The summed E-state index contributed by atoms with van der Waals surface area (Å²) in [5.41, 5.74) is 5.52. The van der Waals surface area contributed by atoms with Crippen LogP contribution in [0.1, 0.15) is 16.8 Å². The molecule has 2 atom stereocenters. The first-order valence-corrected chi connectivity index (χ1v) is 9.49. The summed E-state index contributed by atoms with van der Waals surface area (Å²) in [4.78, 5) is 48.0. The molecule has 12 nitrogen and oxygen atoms in total. The number of nitrogens with zero attached hydrogens (tertiary/aromatic N) is 2. The topological polar surface area (TPSA) is 182 Å². The number of nitrogens with one attached hydrogen (secondary N) is 2. The van der Waals surface area contributed by atoms with Gasteiger partial charge in [-0.3, -0.25) is 14.4 Å². The zero-order valence-electron chi connectivity index (χ0n) is 15.3. The molecule has 2 heterocycles. The fourth-order valence-corrected chi connectivity index (χ4v) is 4.09. The molecule has 2 saturated heterocycles. The summed E-state index contributed by atoms with van der Waals surface area (Å²) < 4.78 is 33.5. The van der Waals surface area contributed by atoms with Gasteiger partial charge in [0.15, 0.2) is 10.3 Å². The Balaban J connectivity index is 0.00000300. The van der Waals surface area contributed by atoms with Gasteiger partial charge in [0.2, 0.25) is 5.91 Å². The fraction of sp³-hybridized carbons (Fsp3) is 0.333. The Hall–Kier alpha value is -2.19. The molecule has 3 rings (SSSR count). The molecule has 5 amide bonds. The average Bonchev–Trinajstić information content (AvgIpc) is 2.97. The molecule has 2 aliphatic heterocycles. The third kappa shape index (κ3) is 4.70. The van der Waals surface area contributed by atoms with Crippen LogP contribution >= 0.6 is 0 Å². The Kier molecular flexibility index (Phi) is 6.90. The first-order valence-electron chi connectivity index (χ1n) is 8.13. The Labute approximate surface area is 187 Å². The van der Waals surface area contributed by atoms with Crippen LogP contribution in [0.25, 0.3) is 0 Å². The fourth-order valence-electron chi connectivity index (χ4n) is 3.20. The van der Waals surface area contributed by atoms with Crippen molar-refractivity contribution in [2.24, 2.45) is 5.73 Å². The summed E-state index contributed by atoms with van der Waals surface area (Å²) in [6.07, 6.45) is 0.185. The number of primary amides is 1. The Bertz CT molecular complexity index is 952. The van der Waals surface area contributed by atoms with Crippen LogP contribution in [0.5, 0.6) is 0 Å². The molecule has 1 aromatic rings. The van der Waals surface area contributed by atoms with Crippen LogP contribution < -0.4 is 45.9 Å². The van der Waals surface area contributed by atoms with Gasteiger partial charge in [-0.2, -0.15) is 0 Å². The van der Waals surface area contributed by atoms with E-state index in [1.807, 2.05) is 0 Å². The van der Waals surface area contributed by atoms with Crippen molar-refractivity contribution in [2.45, 2.75) is 18.5 Å². The van der Waals surface area contributed by atoms with E-state index in [9.17, 15) is 32.1 Å². The van der Waals surface area contributed by atoms with Crippen molar-refractivity contribution >= 4 is 39.7 Å². The van der Waals surface area contributed by atoms with Gasteiger partial charge in [0.25, 0.3) is 11.8 Å². The van der Waals surface area contributed by atoms with Gasteiger partial charge in [-0.05, 0) is 30.7 Å². The van der Waals surface area contributed by atoms with Crippen LogP contribution in [0.3, 0.4) is 0 Å². The molecule has 14 heteroatoms. The van der Waals surface area contributed by atoms with Crippen molar-refractivity contribution in [3.8, 4) is 0 Å². The van der Waals surface area contributed by atoms with Gasteiger partial charge in [0.1, 0.15) is 6.04 Å². The minimum atomic E-state index is -4.89. The molecule has 0 bridgehead atoms. The van der Waals surface area contributed by atoms with Crippen LogP contribution in [0.4, 0.5) is 10.5 Å². The van der Waals surface area contributed by atoms with Crippen LogP contribution in [-0.2, 0) is 19.9 Å². The number of carbonyl (C=O) groups is 4. The number of urea groups is 1. The van der Waals surface area contributed by atoms with Crippen molar-refractivity contribution in [1.82, 2.24) is 14.5 Å². The van der Waals surface area contributed by atoms with Crippen molar-refractivity contribution in [1.29, 1.82) is 0 Å². The predicted molar refractivity (Wildman–Crippen MR) is 92.4 cm³/mol. The molecule has 29 heavy (non-hydrogen) atoms. The first kappa shape index (κ1) is 23.1. The molecule has 2 aliphatic rings. The predicted octanol–water partition coefficient (Wildman–Crippen LogP) is -4.82. The van der Waals surface area contributed by atoms with Gasteiger partial charge in [0.05, 0.1) is 12.6 Å². The molecule has 1 aromatic carbocycles. The molecule has 4 N–H and O–H groups in total. The quantitative estimate of drug-likeness (QED) is 0.236. The van der Waals surface area contributed by atoms with E-state index >= 15 is 0 Å². The first-order chi connectivity index (χ1) is 13.1. The summed E-state index contributed by atoms with van der Waals surface area (Å²) in [5.74, 6) is -2.12. The monoisotopic (exact) mass is 433 g/mol.